The Morgan fingerprint density at radius 3 is 2.32 bits per heavy atom. The summed E-state index contributed by atoms with van der Waals surface area (Å²) in [5.41, 5.74) is 2.89. The maximum atomic E-state index is 13.9. The zero-order valence-corrected chi connectivity index (χ0v) is 23.7. The zero-order chi connectivity index (χ0) is 27.9. The Hall–Kier alpha value is -3.36. The van der Waals surface area contributed by atoms with Crippen molar-refractivity contribution in [2.75, 3.05) is 17.4 Å². The third-order valence-electron chi connectivity index (χ3n) is 6.21. The van der Waals surface area contributed by atoms with E-state index in [9.17, 15) is 18.0 Å². The molecule has 3 aromatic rings. The van der Waals surface area contributed by atoms with E-state index in [0.29, 0.717) is 11.6 Å². The van der Waals surface area contributed by atoms with Gasteiger partial charge in [-0.15, -0.1) is 0 Å². The van der Waals surface area contributed by atoms with E-state index >= 15 is 0 Å². The molecule has 1 atom stereocenters. The van der Waals surface area contributed by atoms with Gasteiger partial charge in [0.25, 0.3) is 10.0 Å². The number of hydrogen-bond acceptors (Lipinski definition) is 4. The van der Waals surface area contributed by atoms with Gasteiger partial charge in [0, 0.05) is 18.1 Å². The number of hydrogen-bond donors (Lipinski definition) is 1. The molecule has 0 saturated carbocycles. The van der Waals surface area contributed by atoms with Crippen LogP contribution in [0, 0.1) is 13.8 Å². The van der Waals surface area contributed by atoms with Gasteiger partial charge in [0.1, 0.15) is 12.6 Å². The largest absolute Gasteiger partial charge is 0.354 e. The third-order valence-corrected chi connectivity index (χ3v) is 8.40. The molecule has 38 heavy (non-hydrogen) atoms. The molecule has 0 heterocycles. The number of carbonyl (C=O) groups is 2. The summed E-state index contributed by atoms with van der Waals surface area (Å²) in [6.45, 7) is 7.47. The van der Waals surface area contributed by atoms with E-state index in [1.165, 1.54) is 23.1 Å². The Labute approximate surface area is 230 Å². The smallest absolute Gasteiger partial charge is 0.264 e. The summed E-state index contributed by atoms with van der Waals surface area (Å²) in [6.07, 6.45) is 0.752. The number of aryl methyl sites for hydroxylation is 2. The van der Waals surface area contributed by atoms with E-state index in [1.54, 1.807) is 37.3 Å². The van der Waals surface area contributed by atoms with Crippen molar-refractivity contribution in [1.29, 1.82) is 0 Å². The Balaban J connectivity index is 2.03. The number of nitrogens with one attached hydrogen (secondary N) is 1. The molecule has 0 unspecified atom stereocenters. The van der Waals surface area contributed by atoms with E-state index in [0.717, 1.165) is 27.4 Å². The van der Waals surface area contributed by atoms with Crippen molar-refractivity contribution >= 4 is 39.1 Å². The lowest BCUT2D eigenvalue weighted by Gasteiger charge is -2.32. The molecule has 0 aliphatic heterocycles. The molecule has 0 aliphatic carbocycles. The number of sulfonamides is 1. The quantitative estimate of drug-likeness (QED) is 0.357. The summed E-state index contributed by atoms with van der Waals surface area (Å²) < 4.78 is 28.6. The molecule has 202 valence electrons. The van der Waals surface area contributed by atoms with Crippen LogP contribution in [0.1, 0.15) is 37.0 Å². The van der Waals surface area contributed by atoms with Crippen LogP contribution in [0.25, 0.3) is 0 Å². The Morgan fingerprint density at radius 1 is 0.974 bits per heavy atom. The first kappa shape index (κ1) is 29.2. The maximum absolute atomic E-state index is 13.9. The Kier molecular flexibility index (Phi) is 9.94. The first-order valence-corrected chi connectivity index (χ1v) is 14.3. The van der Waals surface area contributed by atoms with Crippen LogP contribution in [0.2, 0.25) is 5.02 Å². The molecule has 1 N–H and O–H groups in total. The highest BCUT2D eigenvalue weighted by atomic mass is 35.5. The van der Waals surface area contributed by atoms with Gasteiger partial charge in [-0.05, 0) is 62.6 Å². The minimum absolute atomic E-state index is 0.0449. The standard InChI is InChI=1S/C29H34ClN3O4S/c1-5-16-31-29(35)23(4)32(19-24-11-9-10-21(2)17-24)28(34)20-33(25-15-14-22(3)27(30)18-25)38(36,37)26-12-7-6-8-13-26/h6-15,17-18,23H,5,16,19-20H2,1-4H3,(H,31,35)/t23-/m0/s1. The van der Waals surface area contributed by atoms with Crippen LogP contribution in [-0.4, -0.2) is 44.3 Å². The lowest BCUT2D eigenvalue weighted by Crippen LogP contribution is -2.51. The molecule has 7 nitrogen and oxygen atoms in total. The molecule has 3 aromatic carbocycles. The second-order valence-electron chi connectivity index (χ2n) is 9.24. The average Bonchev–Trinajstić information content (AvgIpc) is 2.90. The molecule has 9 heteroatoms. The highest BCUT2D eigenvalue weighted by Crippen LogP contribution is 2.28. The predicted molar refractivity (Wildman–Crippen MR) is 152 cm³/mol. The minimum atomic E-state index is -4.13. The van der Waals surface area contributed by atoms with Crippen molar-refractivity contribution in [2.24, 2.45) is 0 Å². The van der Waals surface area contributed by atoms with Crippen LogP contribution in [0.4, 0.5) is 5.69 Å². The van der Waals surface area contributed by atoms with Gasteiger partial charge in [-0.3, -0.25) is 13.9 Å². The molecule has 3 rings (SSSR count). The van der Waals surface area contributed by atoms with Gasteiger partial charge >= 0.3 is 0 Å². The molecular weight excluding hydrogens is 522 g/mol. The molecular formula is C29H34ClN3O4S. The molecule has 0 saturated heterocycles. The first-order valence-electron chi connectivity index (χ1n) is 12.5. The lowest BCUT2D eigenvalue weighted by atomic mass is 10.1. The van der Waals surface area contributed by atoms with Crippen LogP contribution in [0.3, 0.4) is 0 Å². The molecule has 0 bridgehead atoms. The number of halogens is 1. The monoisotopic (exact) mass is 555 g/mol. The summed E-state index contributed by atoms with van der Waals surface area (Å²) in [5, 5.41) is 3.22. The summed E-state index contributed by atoms with van der Waals surface area (Å²) in [5.74, 6) is -0.814. The Bertz CT molecular complexity index is 1380. The van der Waals surface area contributed by atoms with Crippen molar-refractivity contribution in [1.82, 2.24) is 10.2 Å². The number of carbonyl (C=O) groups excluding carboxylic acids is 2. The van der Waals surface area contributed by atoms with Crippen molar-refractivity contribution < 1.29 is 18.0 Å². The van der Waals surface area contributed by atoms with Crippen LogP contribution in [0.15, 0.2) is 77.7 Å². The van der Waals surface area contributed by atoms with E-state index in [1.807, 2.05) is 45.0 Å². The predicted octanol–water partition coefficient (Wildman–Crippen LogP) is 5.10. The van der Waals surface area contributed by atoms with Crippen LogP contribution in [-0.2, 0) is 26.2 Å². The van der Waals surface area contributed by atoms with Gasteiger partial charge in [0.15, 0.2) is 0 Å². The van der Waals surface area contributed by atoms with Gasteiger partial charge in [0.05, 0.1) is 10.6 Å². The fourth-order valence-corrected chi connectivity index (χ4v) is 5.57. The molecule has 0 radical (unpaired) electrons. The fourth-order valence-electron chi connectivity index (χ4n) is 3.97. The summed E-state index contributed by atoms with van der Waals surface area (Å²) >= 11 is 6.35. The van der Waals surface area contributed by atoms with Gasteiger partial charge in [-0.1, -0.05) is 72.6 Å². The highest BCUT2D eigenvalue weighted by molar-refractivity contribution is 7.92. The van der Waals surface area contributed by atoms with Gasteiger partial charge in [-0.25, -0.2) is 8.42 Å². The normalized spacial score (nSPS) is 12.0. The second kappa shape index (κ2) is 12.9. The number of rotatable bonds is 11. The molecule has 0 aromatic heterocycles. The molecule has 0 fully saturated rings. The summed E-state index contributed by atoms with van der Waals surface area (Å²) in [6, 6.07) is 19.6. The zero-order valence-electron chi connectivity index (χ0n) is 22.1. The van der Waals surface area contributed by atoms with E-state index in [4.69, 9.17) is 11.6 Å². The van der Waals surface area contributed by atoms with Gasteiger partial charge < -0.3 is 10.2 Å². The molecule has 2 amide bonds. The first-order chi connectivity index (χ1) is 18.0. The van der Waals surface area contributed by atoms with E-state index in [-0.39, 0.29) is 23.0 Å². The number of amides is 2. The number of anilines is 1. The minimum Gasteiger partial charge on any atom is -0.354 e. The lowest BCUT2D eigenvalue weighted by molar-refractivity contribution is -0.139. The van der Waals surface area contributed by atoms with Crippen LogP contribution in [0.5, 0.6) is 0 Å². The Morgan fingerprint density at radius 2 is 1.68 bits per heavy atom. The second-order valence-corrected chi connectivity index (χ2v) is 11.5. The number of nitrogens with zero attached hydrogens (tertiary/aromatic N) is 2. The van der Waals surface area contributed by atoms with Crippen molar-refractivity contribution in [3.8, 4) is 0 Å². The van der Waals surface area contributed by atoms with Gasteiger partial charge in [-0.2, -0.15) is 0 Å². The topological polar surface area (TPSA) is 86.8 Å². The molecule has 0 spiro atoms. The van der Waals surface area contributed by atoms with Crippen molar-refractivity contribution in [3.63, 3.8) is 0 Å². The third kappa shape index (κ3) is 7.14. The summed E-state index contributed by atoms with van der Waals surface area (Å²) in [4.78, 5) is 28.2. The number of benzene rings is 3. The van der Waals surface area contributed by atoms with E-state index < -0.39 is 28.5 Å². The van der Waals surface area contributed by atoms with Crippen LogP contribution >= 0.6 is 11.6 Å². The summed E-state index contributed by atoms with van der Waals surface area (Å²) in [7, 11) is -4.13. The SMILES string of the molecule is CCCNC(=O)[C@H](C)N(Cc1cccc(C)c1)C(=O)CN(c1ccc(C)c(Cl)c1)S(=O)(=O)c1ccccc1. The van der Waals surface area contributed by atoms with Gasteiger partial charge in [0.2, 0.25) is 11.8 Å². The average molecular weight is 556 g/mol. The van der Waals surface area contributed by atoms with Crippen molar-refractivity contribution in [3.05, 3.63) is 94.5 Å². The van der Waals surface area contributed by atoms with E-state index in [2.05, 4.69) is 5.32 Å². The fraction of sp³-hybridized carbons (Fsp3) is 0.310. The highest BCUT2D eigenvalue weighted by Gasteiger charge is 2.32. The van der Waals surface area contributed by atoms with Crippen molar-refractivity contribution in [2.45, 2.75) is 51.6 Å². The molecule has 0 aliphatic rings. The maximum Gasteiger partial charge on any atom is 0.264 e. The van der Waals surface area contributed by atoms with Crippen LogP contribution < -0.4 is 9.62 Å².